The normalized spacial score (nSPS) is 12.1. The average Bonchev–Trinajstić information content (AvgIpc) is 2.45. The van der Waals surface area contributed by atoms with Crippen molar-refractivity contribution in [1.29, 1.82) is 0 Å². The molecule has 0 fully saturated rings. The third-order valence-electron chi connectivity index (χ3n) is 3.60. The molecule has 2 aromatic carbocycles. The molecule has 19 heavy (non-hydrogen) atoms. The number of benzene rings is 2. The zero-order valence-corrected chi connectivity index (χ0v) is 11.0. The Kier molecular flexibility index (Phi) is 2.75. The molecule has 3 rings (SSSR count). The van der Waals surface area contributed by atoms with Crippen molar-refractivity contribution in [1.82, 2.24) is 0 Å². The first-order valence-corrected chi connectivity index (χ1v) is 6.26. The summed E-state index contributed by atoms with van der Waals surface area (Å²) in [6.45, 7) is 2.06. The minimum Gasteiger partial charge on any atom is -0.465 e. The van der Waals surface area contributed by atoms with Crippen LogP contribution in [0, 0.1) is 6.92 Å². The van der Waals surface area contributed by atoms with Crippen molar-refractivity contribution in [2.24, 2.45) is 0 Å². The molecule has 0 bridgehead atoms. The van der Waals surface area contributed by atoms with Crippen molar-refractivity contribution in [2.45, 2.75) is 13.3 Å². The Labute approximate surface area is 112 Å². The van der Waals surface area contributed by atoms with E-state index in [-0.39, 0.29) is 5.97 Å². The molecule has 0 spiro atoms. The number of anilines is 2. The van der Waals surface area contributed by atoms with Crippen LogP contribution in [0.4, 0.5) is 11.4 Å². The van der Waals surface area contributed by atoms with Crippen LogP contribution < -0.4 is 5.32 Å². The number of methoxy groups -OCH3 is 1. The van der Waals surface area contributed by atoms with E-state index in [2.05, 4.69) is 18.3 Å². The summed E-state index contributed by atoms with van der Waals surface area (Å²) in [4.78, 5) is 11.8. The first-order valence-electron chi connectivity index (χ1n) is 6.26. The van der Waals surface area contributed by atoms with Crippen LogP contribution in [0.2, 0.25) is 0 Å². The zero-order chi connectivity index (χ0) is 13.4. The van der Waals surface area contributed by atoms with E-state index in [9.17, 15) is 4.79 Å². The van der Waals surface area contributed by atoms with Crippen LogP contribution in [-0.4, -0.2) is 13.1 Å². The maximum Gasteiger partial charge on any atom is 0.339 e. The summed E-state index contributed by atoms with van der Waals surface area (Å²) in [5, 5.41) is 3.36. The Morgan fingerprint density at radius 2 is 2.00 bits per heavy atom. The minimum atomic E-state index is -0.303. The highest BCUT2D eigenvalue weighted by atomic mass is 16.5. The van der Waals surface area contributed by atoms with Gasteiger partial charge in [-0.3, -0.25) is 0 Å². The number of nitrogens with one attached hydrogen (secondary N) is 1. The zero-order valence-electron chi connectivity index (χ0n) is 11.0. The van der Waals surface area contributed by atoms with Crippen LogP contribution in [0.15, 0.2) is 36.4 Å². The number of rotatable bonds is 1. The van der Waals surface area contributed by atoms with Gasteiger partial charge in [0.2, 0.25) is 0 Å². The smallest absolute Gasteiger partial charge is 0.339 e. The van der Waals surface area contributed by atoms with Gasteiger partial charge in [-0.2, -0.15) is 0 Å². The molecular formula is C16H15NO2. The first-order chi connectivity index (χ1) is 9.20. The Hall–Kier alpha value is -2.29. The van der Waals surface area contributed by atoms with Gasteiger partial charge < -0.3 is 10.1 Å². The van der Waals surface area contributed by atoms with E-state index >= 15 is 0 Å². The van der Waals surface area contributed by atoms with E-state index < -0.39 is 0 Å². The second-order valence-corrected chi connectivity index (χ2v) is 4.73. The second-order valence-electron chi connectivity index (χ2n) is 4.73. The third-order valence-corrected chi connectivity index (χ3v) is 3.60. The molecule has 0 amide bonds. The van der Waals surface area contributed by atoms with Gasteiger partial charge >= 0.3 is 5.97 Å². The van der Waals surface area contributed by atoms with E-state index in [1.807, 2.05) is 30.3 Å². The minimum absolute atomic E-state index is 0.303. The molecular weight excluding hydrogens is 238 g/mol. The summed E-state index contributed by atoms with van der Waals surface area (Å²) < 4.78 is 4.85. The number of fused-ring (bicyclic) bond motifs is 2. The highest BCUT2D eigenvalue weighted by Crippen LogP contribution is 2.36. The average molecular weight is 253 g/mol. The van der Waals surface area contributed by atoms with Crippen molar-refractivity contribution in [3.8, 4) is 0 Å². The number of carbonyl (C=O) groups is 1. The van der Waals surface area contributed by atoms with Crippen LogP contribution in [0.3, 0.4) is 0 Å². The SMILES string of the molecule is COC(=O)c1ccc(C)c2c1Nc1ccccc1C2. The quantitative estimate of drug-likeness (QED) is 0.675. The van der Waals surface area contributed by atoms with Gasteiger partial charge in [-0.1, -0.05) is 24.3 Å². The largest absolute Gasteiger partial charge is 0.465 e. The monoisotopic (exact) mass is 253 g/mol. The van der Waals surface area contributed by atoms with Crippen LogP contribution in [-0.2, 0) is 11.2 Å². The Balaban J connectivity index is 2.16. The molecule has 1 N–H and O–H groups in total. The van der Waals surface area contributed by atoms with Gasteiger partial charge in [-0.15, -0.1) is 0 Å². The molecule has 0 radical (unpaired) electrons. The predicted octanol–water partition coefficient (Wildman–Crippen LogP) is 3.43. The molecule has 0 saturated heterocycles. The summed E-state index contributed by atoms with van der Waals surface area (Å²) in [5.74, 6) is -0.303. The topological polar surface area (TPSA) is 38.3 Å². The molecule has 0 aromatic heterocycles. The predicted molar refractivity (Wildman–Crippen MR) is 75.0 cm³/mol. The summed E-state index contributed by atoms with van der Waals surface area (Å²) in [6, 6.07) is 12.0. The first kappa shape index (κ1) is 11.8. The lowest BCUT2D eigenvalue weighted by Crippen LogP contribution is -2.14. The van der Waals surface area contributed by atoms with Crippen molar-refractivity contribution in [3.63, 3.8) is 0 Å². The number of esters is 1. The second kappa shape index (κ2) is 4.43. The summed E-state index contributed by atoms with van der Waals surface area (Å²) in [6.07, 6.45) is 0.842. The highest BCUT2D eigenvalue weighted by Gasteiger charge is 2.22. The van der Waals surface area contributed by atoms with Gasteiger partial charge in [-0.25, -0.2) is 4.79 Å². The number of carbonyl (C=O) groups excluding carboxylic acids is 1. The standard InChI is InChI=1S/C16H15NO2/c1-10-7-8-12(16(18)19-2)15-13(10)9-11-5-3-4-6-14(11)17-15/h3-8,17H,9H2,1-2H3. The molecule has 0 aliphatic carbocycles. The van der Waals surface area contributed by atoms with E-state index in [0.29, 0.717) is 5.56 Å². The van der Waals surface area contributed by atoms with Crippen LogP contribution in [0.1, 0.15) is 27.0 Å². The van der Waals surface area contributed by atoms with Crippen LogP contribution in [0.25, 0.3) is 0 Å². The molecule has 3 heteroatoms. The molecule has 96 valence electrons. The van der Waals surface area contributed by atoms with E-state index in [1.54, 1.807) is 0 Å². The number of hydrogen-bond acceptors (Lipinski definition) is 3. The number of aryl methyl sites for hydroxylation is 1. The van der Waals surface area contributed by atoms with Crippen LogP contribution in [0.5, 0.6) is 0 Å². The number of ether oxygens (including phenoxy) is 1. The van der Waals surface area contributed by atoms with Gasteiger partial charge in [-0.05, 0) is 35.7 Å². The fourth-order valence-corrected chi connectivity index (χ4v) is 2.52. The lowest BCUT2D eigenvalue weighted by molar-refractivity contribution is 0.0602. The summed E-state index contributed by atoms with van der Waals surface area (Å²) in [5.41, 5.74) is 6.14. The molecule has 1 aliphatic heterocycles. The summed E-state index contributed by atoms with van der Waals surface area (Å²) >= 11 is 0. The highest BCUT2D eigenvalue weighted by molar-refractivity contribution is 5.98. The van der Waals surface area contributed by atoms with Crippen molar-refractivity contribution >= 4 is 17.3 Å². The molecule has 0 unspecified atom stereocenters. The molecule has 0 atom stereocenters. The van der Waals surface area contributed by atoms with E-state index in [0.717, 1.165) is 17.8 Å². The van der Waals surface area contributed by atoms with Gasteiger partial charge in [0.15, 0.2) is 0 Å². The molecule has 2 aromatic rings. The third kappa shape index (κ3) is 1.87. The van der Waals surface area contributed by atoms with Crippen molar-refractivity contribution in [3.05, 3.63) is 58.7 Å². The Bertz CT molecular complexity index is 662. The van der Waals surface area contributed by atoms with E-state index in [4.69, 9.17) is 4.74 Å². The van der Waals surface area contributed by atoms with Gasteiger partial charge in [0.1, 0.15) is 0 Å². The fraction of sp³-hybridized carbons (Fsp3) is 0.188. The number of para-hydroxylation sites is 1. The lowest BCUT2D eigenvalue weighted by Gasteiger charge is -2.24. The maximum absolute atomic E-state index is 11.8. The lowest BCUT2D eigenvalue weighted by atomic mass is 9.91. The summed E-state index contributed by atoms with van der Waals surface area (Å²) in [7, 11) is 1.41. The van der Waals surface area contributed by atoms with Gasteiger partial charge in [0.05, 0.1) is 18.4 Å². The van der Waals surface area contributed by atoms with Gasteiger partial charge in [0.25, 0.3) is 0 Å². The molecule has 3 nitrogen and oxygen atoms in total. The van der Waals surface area contributed by atoms with Gasteiger partial charge in [0, 0.05) is 12.1 Å². The number of hydrogen-bond donors (Lipinski definition) is 1. The Morgan fingerprint density at radius 1 is 1.21 bits per heavy atom. The van der Waals surface area contributed by atoms with Crippen LogP contribution >= 0.6 is 0 Å². The maximum atomic E-state index is 11.8. The van der Waals surface area contributed by atoms with Crippen molar-refractivity contribution < 1.29 is 9.53 Å². The van der Waals surface area contributed by atoms with E-state index in [1.165, 1.54) is 23.8 Å². The Morgan fingerprint density at radius 3 is 2.79 bits per heavy atom. The molecule has 1 aliphatic rings. The molecule has 1 heterocycles. The molecule has 0 saturated carbocycles. The van der Waals surface area contributed by atoms with Crippen molar-refractivity contribution in [2.75, 3.05) is 12.4 Å². The fourth-order valence-electron chi connectivity index (χ4n) is 2.52.